The summed E-state index contributed by atoms with van der Waals surface area (Å²) in [5.41, 5.74) is 7.78. The van der Waals surface area contributed by atoms with E-state index in [1.807, 2.05) is 36.1 Å². The molecule has 2 fully saturated rings. The number of carbonyl (C=O) groups is 2. The molecule has 0 bridgehead atoms. The Morgan fingerprint density at radius 1 is 1.30 bits per heavy atom. The van der Waals surface area contributed by atoms with Crippen molar-refractivity contribution in [2.75, 3.05) is 24.5 Å². The number of nitrogens with two attached hydrogens (primary N) is 1. The van der Waals surface area contributed by atoms with Crippen LogP contribution >= 0.6 is 12.4 Å². The Hall–Kier alpha value is -1.59. The first-order chi connectivity index (χ1) is 10.6. The summed E-state index contributed by atoms with van der Waals surface area (Å²) in [4.78, 5) is 28.6. The SMILES string of the molecule is Cc1ccc(N2CC(C(=O)N3CCCC3CN)CC2=O)cc1.Cl. The van der Waals surface area contributed by atoms with Gasteiger partial charge in [0.1, 0.15) is 0 Å². The molecule has 2 amide bonds. The minimum absolute atomic E-state index is 0. The summed E-state index contributed by atoms with van der Waals surface area (Å²) in [5.74, 6) is -0.109. The number of aryl methyl sites for hydroxylation is 1. The molecule has 0 aliphatic carbocycles. The molecule has 2 N–H and O–H groups in total. The quantitative estimate of drug-likeness (QED) is 0.913. The standard InChI is InChI=1S/C17H23N3O2.ClH/c1-12-4-6-14(7-5-12)20-11-13(9-16(20)21)17(22)19-8-2-3-15(19)10-18;/h4-7,13,15H,2-3,8-11,18H2,1H3;1H. The lowest BCUT2D eigenvalue weighted by atomic mass is 10.1. The number of hydrogen-bond acceptors (Lipinski definition) is 3. The van der Waals surface area contributed by atoms with Gasteiger partial charge in [-0.05, 0) is 31.9 Å². The minimum Gasteiger partial charge on any atom is -0.338 e. The van der Waals surface area contributed by atoms with Gasteiger partial charge in [0.25, 0.3) is 0 Å². The third-order valence-corrected chi connectivity index (χ3v) is 4.75. The van der Waals surface area contributed by atoms with Crippen LogP contribution in [0.1, 0.15) is 24.8 Å². The van der Waals surface area contributed by atoms with E-state index in [-0.39, 0.29) is 36.2 Å². The van der Waals surface area contributed by atoms with E-state index in [0.29, 0.717) is 19.5 Å². The van der Waals surface area contributed by atoms with Crippen molar-refractivity contribution in [2.45, 2.75) is 32.2 Å². The molecule has 2 saturated heterocycles. The minimum atomic E-state index is -0.235. The van der Waals surface area contributed by atoms with Gasteiger partial charge in [-0.25, -0.2) is 0 Å². The number of rotatable bonds is 3. The molecule has 5 nitrogen and oxygen atoms in total. The van der Waals surface area contributed by atoms with E-state index in [0.717, 1.165) is 30.6 Å². The zero-order valence-corrected chi connectivity index (χ0v) is 14.2. The highest BCUT2D eigenvalue weighted by atomic mass is 35.5. The topological polar surface area (TPSA) is 66.6 Å². The van der Waals surface area contributed by atoms with Crippen LogP contribution in [0.2, 0.25) is 0 Å². The average molecular weight is 338 g/mol. The van der Waals surface area contributed by atoms with Gasteiger partial charge in [-0.3, -0.25) is 9.59 Å². The summed E-state index contributed by atoms with van der Waals surface area (Å²) in [5, 5.41) is 0. The van der Waals surface area contributed by atoms with Crippen LogP contribution in [0.15, 0.2) is 24.3 Å². The molecule has 0 radical (unpaired) electrons. The van der Waals surface area contributed by atoms with Crippen molar-refractivity contribution in [3.63, 3.8) is 0 Å². The summed E-state index contributed by atoms with van der Waals surface area (Å²) in [6.07, 6.45) is 2.29. The molecule has 23 heavy (non-hydrogen) atoms. The van der Waals surface area contributed by atoms with Crippen molar-refractivity contribution < 1.29 is 9.59 Å². The monoisotopic (exact) mass is 337 g/mol. The van der Waals surface area contributed by atoms with Crippen LogP contribution < -0.4 is 10.6 Å². The largest absolute Gasteiger partial charge is 0.338 e. The number of amides is 2. The number of halogens is 1. The lowest BCUT2D eigenvalue weighted by Crippen LogP contribution is -2.43. The number of benzene rings is 1. The van der Waals surface area contributed by atoms with Crippen LogP contribution in [-0.4, -0.2) is 42.4 Å². The molecule has 1 aromatic carbocycles. The third kappa shape index (κ3) is 3.51. The Labute approximate surface area is 143 Å². The van der Waals surface area contributed by atoms with Crippen molar-refractivity contribution in [1.82, 2.24) is 4.90 Å². The first kappa shape index (κ1) is 17.8. The lowest BCUT2D eigenvalue weighted by Gasteiger charge is -2.26. The zero-order valence-electron chi connectivity index (χ0n) is 13.4. The van der Waals surface area contributed by atoms with Crippen LogP contribution in [0.4, 0.5) is 5.69 Å². The van der Waals surface area contributed by atoms with Gasteiger partial charge in [-0.15, -0.1) is 12.4 Å². The van der Waals surface area contributed by atoms with E-state index in [2.05, 4.69) is 0 Å². The molecule has 2 aliphatic rings. The summed E-state index contributed by atoms with van der Waals surface area (Å²) < 4.78 is 0. The van der Waals surface area contributed by atoms with Crippen molar-refractivity contribution >= 4 is 29.9 Å². The van der Waals surface area contributed by atoms with Crippen molar-refractivity contribution in [3.05, 3.63) is 29.8 Å². The summed E-state index contributed by atoms with van der Waals surface area (Å²) >= 11 is 0. The molecular weight excluding hydrogens is 314 g/mol. The average Bonchev–Trinajstić information content (AvgIpc) is 3.14. The maximum absolute atomic E-state index is 12.7. The lowest BCUT2D eigenvalue weighted by molar-refractivity contribution is -0.136. The molecule has 2 aliphatic heterocycles. The van der Waals surface area contributed by atoms with Crippen LogP contribution in [0, 0.1) is 12.8 Å². The highest BCUT2D eigenvalue weighted by molar-refractivity contribution is 6.00. The van der Waals surface area contributed by atoms with E-state index in [1.165, 1.54) is 0 Å². The Kier molecular flexibility index (Phi) is 5.65. The second-order valence-electron chi connectivity index (χ2n) is 6.30. The third-order valence-electron chi connectivity index (χ3n) is 4.75. The number of hydrogen-bond donors (Lipinski definition) is 1. The van der Waals surface area contributed by atoms with E-state index in [1.54, 1.807) is 4.90 Å². The first-order valence-electron chi connectivity index (χ1n) is 7.97. The van der Waals surface area contributed by atoms with Gasteiger partial charge in [0, 0.05) is 37.8 Å². The van der Waals surface area contributed by atoms with Gasteiger partial charge in [0.15, 0.2) is 0 Å². The predicted molar refractivity (Wildman–Crippen MR) is 92.7 cm³/mol. The van der Waals surface area contributed by atoms with Gasteiger partial charge in [-0.1, -0.05) is 17.7 Å². The highest BCUT2D eigenvalue weighted by Crippen LogP contribution is 2.28. The number of nitrogens with zero attached hydrogens (tertiary/aromatic N) is 2. The maximum atomic E-state index is 12.7. The van der Waals surface area contributed by atoms with Gasteiger partial charge in [-0.2, -0.15) is 0 Å². The molecule has 0 aromatic heterocycles. The molecule has 0 spiro atoms. The van der Waals surface area contributed by atoms with Gasteiger partial charge >= 0.3 is 0 Å². The second-order valence-corrected chi connectivity index (χ2v) is 6.30. The van der Waals surface area contributed by atoms with Gasteiger partial charge in [0.05, 0.1) is 5.92 Å². The van der Waals surface area contributed by atoms with E-state index < -0.39 is 0 Å². The smallest absolute Gasteiger partial charge is 0.228 e. The van der Waals surface area contributed by atoms with Crippen LogP contribution in [0.5, 0.6) is 0 Å². The molecule has 3 rings (SSSR count). The summed E-state index contributed by atoms with van der Waals surface area (Å²) in [7, 11) is 0. The fourth-order valence-corrected chi connectivity index (χ4v) is 3.45. The Morgan fingerprint density at radius 3 is 2.65 bits per heavy atom. The summed E-state index contributed by atoms with van der Waals surface area (Å²) in [6.45, 7) is 3.78. The van der Waals surface area contributed by atoms with Crippen LogP contribution in [0.3, 0.4) is 0 Å². The van der Waals surface area contributed by atoms with Crippen LogP contribution in [-0.2, 0) is 9.59 Å². The van der Waals surface area contributed by atoms with E-state index in [4.69, 9.17) is 5.73 Å². The van der Waals surface area contributed by atoms with Crippen molar-refractivity contribution in [3.8, 4) is 0 Å². The first-order valence-corrected chi connectivity index (χ1v) is 7.97. The number of anilines is 1. The molecule has 2 atom stereocenters. The number of carbonyl (C=O) groups excluding carboxylic acids is 2. The molecule has 1 aromatic rings. The molecule has 6 heteroatoms. The molecule has 2 unspecified atom stereocenters. The molecule has 0 saturated carbocycles. The normalized spacial score (nSPS) is 24.0. The Balaban J connectivity index is 0.00000192. The van der Waals surface area contributed by atoms with Gasteiger partial charge in [0.2, 0.25) is 11.8 Å². The van der Waals surface area contributed by atoms with E-state index >= 15 is 0 Å². The van der Waals surface area contributed by atoms with E-state index in [9.17, 15) is 9.59 Å². The molecule has 126 valence electrons. The van der Waals surface area contributed by atoms with Crippen molar-refractivity contribution in [1.29, 1.82) is 0 Å². The maximum Gasteiger partial charge on any atom is 0.228 e. The highest BCUT2D eigenvalue weighted by Gasteiger charge is 2.39. The molecular formula is C17H24ClN3O2. The molecule has 2 heterocycles. The fourth-order valence-electron chi connectivity index (χ4n) is 3.45. The second kappa shape index (κ2) is 7.32. The predicted octanol–water partition coefficient (Wildman–Crippen LogP) is 1.72. The number of likely N-dealkylation sites (tertiary alicyclic amines) is 1. The Bertz CT molecular complexity index is 576. The van der Waals surface area contributed by atoms with Crippen molar-refractivity contribution in [2.24, 2.45) is 11.7 Å². The van der Waals surface area contributed by atoms with Gasteiger partial charge < -0.3 is 15.5 Å². The van der Waals surface area contributed by atoms with Crippen LogP contribution in [0.25, 0.3) is 0 Å². The zero-order chi connectivity index (χ0) is 15.7. The Morgan fingerprint density at radius 2 is 2.00 bits per heavy atom. The fraction of sp³-hybridized carbons (Fsp3) is 0.529. The summed E-state index contributed by atoms with van der Waals surface area (Å²) in [6, 6.07) is 8.01.